The van der Waals surface area contributed by atoms with Gasteiger partial charge in [-0.3, -0.25) is 15.8 Å². The highest BCUT2D eigenvalue weighted by molar-refractivity contribution is 7.89. The van der Waals surface area contributed by atoms with Crippen molar-refractivity contribution in [3.63, 3.8) is 0 Å². The lowest BCUT2D eigenvalue weighted by Crippen LogP contribution is -2.31. The minimum absolute atomic E-state index is 0.0587. The van der Waals surface area contributed by atoms with Crippen molar-refractivity contribution in [1.82, 2.24) is 14.3 Å². The van der Waals surface area contributed by atoms with Gasteiger partial charge in [-0.2, -0.15) is 4.31 Å². The zero-order valence-corrected chi connectivity index (χ0v) is 12.4. The number of pyridine rings is 2. The topological polar surface area (TPSA) is 101 Å². The van der Waals surface area contributed by atoms with Crippen LogP contribution in [0.3, 0.4) is 0 Å². The van der Waals surface area contributed by atoms with Gasteiger partial charge >= 0.3 is 0 Å². The number of nitrogens with two attached hydrogens (primary N) is 1. The van der Waals surface area contributed by atoms with Gasteiger partial charge in [-0.25, -0.2) is 8.42 Å². The van der Waals surface area contributed by atoms with Gasteiger partial charge in [-0.15, -0.1) is 0 Å². The molecular weight excluding hydrogens is 290 g/mol. The molecule has 0 saturated carbocycles. The molecule has 8 heteroatoms. The Morgan fingerprint density at radius 2 is 1.86 bits per heavy atom. The summed E-state index contributed by atoms with van der Waals surface area (Å²) in [5.74, 6) is 5.37. The molecule has 2 rings (SSSR count). The van der Waals surface area contributed by atoms with Crippen LogP contribution in [0, 0.1) is 0 Å². The van der Waals surface area contributed by atoms with Crippen molar-refractivity contribution in [2.45, 2.75) is 18.4 Å². The molecule has 2 aromatic rings. The van der Waals surface area contributed by atoms with Gasteiger partial charge in [0.1, 0.15) is 4.90 Å². The van der Waals surface area contributed by atoms with E-state index in [1.54, 1.807) is 31.5 Å². The number of aromatic nitrogens is 2. The van der Waals surface area contributed by atoms with Crippen molar-refractivity contribution < 1.29 is 8.42 Å². The van der Waals surface area contributed by atoms with Crippen molar-refractivity contribution in [3.8, 4) is 0 Å². The molecule has 0 saturated heterocycles. The zero-order chi connectivity index (χ0) is 15.3. The molecule has 2 heterocycles. The van der Waals surface area contributed by atoms with E-state index in [4.69, 9.17) is 5.84 Å². The van der Waals surface area contributed by atoms with Gasteiger partial charge in [0.2, 0.25) is 10.0 Å². The summed E-state index contributed by atoms with van der Waals surface area (Å²) in [7, 11) is -3.68. The minimum atomic E-state index is -3.68. The predicted molar refractivity (Wildman–Crippen MR) is 79.6 cm³/mol. The van der Waals surface area contributed by atoms with Crippen LogP contribution in [0.25, 0.3) is 0 Å². The fourth-order valence-electron chi connectivity index (χ4n) is 1.90. The Kier molecular flexibility index (Phi) is 4.84. The average molecular weight is 307 g/mol. The summed E-state index contributed by atoms with van der Waals surface area (Å²) < 4.78 is 26.8. The Hall–Kier alpha value is -2.03. The summed E-state index contributed by atoms with van der Waals surface area (Å²) in [6.45, 7) is 2.38. The van der Waals surface area contributed by atoms with E-state index in [-0.39, 0.29) is 11.4 Å². The lowest BCUT2D eigenvalue weighted by atomic mass is 10.3. The van der Waals surface area contributed by atoms with Crippen LogP contribution in [0.5, 0.6) is 0 Å². The number of nitrogens with one attached hydrogen (secondary N) is 1. The Labute approximate surface area is 123 Å². The number of hydrazine groups is 1. The Morgan fingerprint density at radius 3 is 2.48 bits per heavy atom. The number of nitrogen functional groups attached to an aromatic ring is 1. The fraction of sp³-hybridized carbons (Fsp3) is 0.231. The molecular formula is C13H17N5O2S. The summed E-state index contributed by atoms with van der Waals surface area (Å²) in [5.41, 5.74) is 3.57. The predicted octanol–water partition coefficient (Wildman–Crippen LogP) is 0.973. The van der Waals surface area contributed by atoms with Crippen LogP contribution < -0.4 is 11.3 Å². The van der Waals surface area contributed by atoms with Crippen LogP contribution in [0.4, 0.5) is 5.69 Å². The van der Waals surface area contributed by atoms with Crippen LogP contribution in [-0.2, 0) is 16.6 Å². The second-order valence-corrected chi connectivity index (χ2v) is 6.21. The zero-order valence-electron chi connectivity index (χ0n) is 11.6. The highest BCUT2D eigenvalue weighted by Crippen LogP contribution is 2.23. The molecule has 2 aromatic heterocycles. The molecule has 0 radical (unpaired) electrons. The highest BCUT2D eigenvalue weighted by Gasteiger charge is 2.26. The fourth-order valence-corrected chi connectivity index (χ4v) is 3.44. The Morgan fingerprint density at radius 1 is 1.19 bits per heavy atom. The standard InChI is InChI=1S/C13H17N5O2S/c1-2-18(10-11-3-6-15-7-4-11)21(19,20)13-9-16-8-5-12(13)17-14/h3-9H,2,10,14H2,1H3,(H,16,17). The largest absolute Gasteiger partial charge is 0.323 e. The van der Waals surface area contributed by atoms with Gasteiger partial charge in [0.25, 0.3) is 0 Å². The first-order valence-electron chi connectivity index (χ1n) is 6.39. The van der Waals surface area contributed by atoms with E-state index in [2.05, 4.69) is 15.4 Å². The van der Waals surface area contributed by atoms with Gasteiger partial charge in [-0.05, 0) is 23.8 Å². The quantitative estimate of drug-likeness (QED) is 0.609. The third kappa shape index (κ3) is 3.35. The lowest BCUT2D eigenvalue weighted by molar-refractivity contribution is 0.423. The molecule has 0 aliphatic rings. The summed E-state index contributed by atoms with van der Waals surface area (Å²) in [5, 5.41) is 0. The number of rotatable bonds is 6. The number of anilines is 1. The molecule has 0 aliphatic carbocycles. The van der Waals surface area contributed by atoms with Gasteiger partial charge in [0.15, 0.2) is 0 Å². The van der Waals surface area contributed by atoms with Gasteiger partial charge in [0.05, 0.1) is 5.69 Å². The van der Waals surface area contributed by atoms with E-state index in [0.29, 0.717) is 12.2 Å². The first-order chi connectivity index (χ1) is 10.1. The summed E-state index contributed by atoms with van der Waals surface area (Å²) in [6, 6.07) is 5.08. The monoisotopic (exact) mass is 307 g/mol. The third-order valence-corrected chi connectivity index (χ3v) is 4.97. The highest BCUT2D eigenvalue weighted by atomic mass is 32.2. The molecule has 0 fully saturated rings. The van der Waals surface area contributed by atoms with Crippen LogP contribution in [-0.4, -0.2) is 29.2 Å². The van der Waals surface area contributed by atoms with E-state index in [1.165, 1.54) is 22.8 Å². The lowest BCUT2D eigenvalue weighted by Gasteiger charge is -2.21. The summed E-state index contributed by atoms with van der Waals surface area (Å²) >= 11 is 0. The second-order valence-electron chi connectivity index (χ2n) is 4.30. The summed E-state index contributed by atoms with van der Waals surface area (Å²) in [4.78, 5) is 7.85. The van der Waals surface area contributed by atoms with Crippen LogP contribution in [0.1, 0.15) is 12.5 Å². The molecule has 0 aliphatic heterocycles. The van der Waals surface area contributed by atoms with Crippen LogP contribution >= 0.6 is 0 Å². The normalized spacial score (nSPS) is 11.6. The Balaban J connectivity index is 2.36. The molecule has 0 unspecified atom stereocenters. The molecule has 7 nitrogen and oxygen atoms in total. The Bertz CT molecular complexity index is 691. The molecule has 0 atom stereocenters. The SMILES string of the molecule is CCN(Cc1ccncc1)S(=O)(=O)c1cnccc1NN. The van der Waals surface area contributed by atoms with Crippen LogP contribution in [0.2, 0.25) is 0 Å². The molecule has 0 amide bonds. The number of sulfonamides is 1. The molecule has 0 spiro atoms. The van der Waals surface area contributed by atoms with E-state index >= 15 is 0 Å². The number of hydrogen-bond acceptors (Lipinski definition) is 6. The van der Waals surface area contributed by atoms with Gasteiger partial charge < -0.3 is 5.43 Å². The first kappa shape index (κ1) is 15.4. The smallest absolute Gasteiger partial charge is 0.247 e. The average Bonchev–Trinajstić information content (AvgIpc) is 2.53. The van der Waals surface area contributed by atoms with Gasteiger partial charge in [0, 0.05) is 37.9 Å². The molecule has 112 valence electrons. The van der Waals surface area contributed by atoms with E-state index in [0.717, 1.165) is 5.56 Å². The van der Waals surface area contributed by atoms with Crippen molar-refractivity contribution in [1.29, 1.82) is 0 Å². The molecule has 0 aromatic carbocycles. The second kappa shape index (κ2) is 6.61. The summed E-state index contributed by atoms with van der Waals surface area (Å²) in [6.07, 6.45) is 6.03. The van der Waals surface area contributed by atoms with Crippen LogP contribution in [0.15, 0.2) is 47.9 Å². The number of hydrogen-bond donors (Lipinski definition) is 2. The molecule has 21 heavy (non-hydrogen) atoms. The van der Waals surface area contributed by atoms with E-state index < -0.39 is 10.0 Å². The maximum Gasteiger partial charge on any atom is 0.247 e. The van der Waals surface area contributed by atoms with Crippen molar-refractivity contribution in [3.05, 3.63) is 48.5 Å². The van der Waals surface area contributed by atoms with Crippen molar-refractivity contribution >= 4 is 15.7 Å². The van der Waals surface area contributed by atoms with E-state index in [9.17, 15) is 8.42 Å². The van der Waals surface area contributed by atoms with Crippen molar-refractivity contribution in [2.75, 3.05) is 12.0 Å². The first-order valence-corrected chi connectivity index (χ1v) is 7.83. The minimum Gasteiger partial charge on any atom is -0.323 e. The number of nitrogens with zero attached hydrogens (tertiary/aromatic N) is 3. The maximum absolute atomic E-state index is 12.7. The van der Waals surface area contributed by atoms with E-state index in [1.807, 2.05) is 0 Å². The van der Waals surface area contributed by atoms with Crippen molar-refractivity contribution in [2.24, 2.45) is 5.84 Å². The molecule has 3 N–H and O–H groups in total. The molecule has 0 bridgehead atoms. The maximum atomic E-state index is 12.7. The van der Waals surface area contributed by atoms with Gasteiger partial charge in [-0.1, -0.05) is 6.92 Å². The third-order valence-electron chi connectivity index (χ3n) is 3.02.